The third kappa shape index (κ3) is 4.93. The van der Waals surface area contributed by atoms with Gasteiger partial charge in [-0.2, -0.15) is 0 Å². The summed E-state index contributed by atoms with van der Waals surface area (Å²) in [4.78, 5) is 28.8. The second-order valence-corrected chi connectivity index (χ2v) is 7.62. The van der Waals surface area contributed by atoms with Crippen molar-refractivity contribution in [2.45, 2.75) is 70.9 Å². The number of fused-ring (bicyclic) bond motifs is 1. The Balaban J connectivity index is 2.10. The quantitative estimate of drug-likeness (QED) is 0.742. The average molecular weight is 324 g/mol. The van der Waals surface area contributed by atoms with Crippen molar-refractivity contribution in [1.29, 1.82) is 0 Å². The number of amides is 2. The SMILES string of the molecule is C[C@@H]1C[C@H](O)CCCN(C)C(=O)C[C@@H]2CCCN2C(=O)[C@H](C)C1. The van der Waals surface area contributed by atoms with Gasteiger partial charge in [0.2, 0.25) is 11.8 Å². The van der Waals surface area contributed by atoms with Gasteiger partial charge in [-0.25, -0.2) is 0 Å². The molecule has 2 fully saturated rings. The topological polar surface area (TPSA) is 60.9 Å². The van der Waals surface area contributed by atoms with Gasteiger partial charge in [0.25, 0.3) is 0 Å². The van der Waals surface area contributed by atoms with Crippen LogP contribution >= 0.6 is 0 Å². The van der Waals surface area contributed by atoms with Crippen molar-refractivity contribution in [3.63, 3.8) is 0 Å². The van der Waals surface area contributed by atoms with Crippen molar-refractivity contribution >= 4 is 11.8 Å². The molecule has 0 aromatic heterocycles. The van der Waals surface area contributed by atoms with E-state index in [0.717, 1.165) is 45.1 Å². The molecule has 0 aromatic carbocycles. The largest absolute Gasteiger partial charge is 0.393 e. The Labute approximate surface area is 140 Å². The third-order valence-electron chi connectivity index (χ3n) is 5.38. The molecule has 132 valence electrons. The molecule has 0 bridgehead atoms. The van der Waals surface area contributed by atoms with Gasteiger partial charge in [0.15, 0.2) is 0 Å². The molecule has 4 atom stereocenters. The van der Waals surface area contributed by atoms with E-state index in [0.29, 0.717) is 18.9 Å². The zero-order valence-corrected chi connectivity index (χ0v) is 14.8. The number of aliphatic hydroxyl groups is 1. The lowest BCUT2D eigenvalue weighted by molar-refractivity contribution is -0.138. The molecule has 0 saturated carbocycles. The summed E-state index contributed by atoms with van der Waals surface area (Å²) in [6.07, 6.45) is 5.14. The maximum Gasteiger partial charge on any atom is 0.225 e. The van der Waals surface area contributed by atoms with Crippen LogP contribution in [0.25, 0.3) is 0 Å². The molecule has 0 spiro atoms. The molecular formula is C18H32N2O3. The standard InChI is InChI=1S/C18H32N2O3/c1-13-10-14(2)18(23)20-9-4-6-15(20)12-17(22)19(3)8-5-7-16(21)11-13/h13-16,21H,4-12H2,1-3H3/t13-,14+,15-,16+/m0/s1. The van der Waals surface area contributed by atoms with Gasteiger partial charge in [0.1, 0.15) is 0 Å². The number of rotatable bonds is 0. The highest BCUT2D eigenvalue weighted by atomic mass is 16.3. The van der Waals surface area contributed by atoms with Gasteiger partial charge in [-0.3, -0.25) is 9.59 Å². The molecule has 2 rings (SSSR count). The van der Waals surface area contributed by atoms with Crippen molar-refractivity contribution in [2.24, 2.45) is 11.8 Å². The van der Waals surface area contributed by atoms with Gasteiger partial charge in [-0.05, 0) is 44.4 Å². The van der Waals surface area contributed by atoms with Gasteiger partial charge >= 0.3 is 0 Å². The molecule has 2 heterocycles. The maximum absolute atomic E-state index is 12.8. The Morgan fingerprint density at radius 2 is 1.74 bits per heavy atom. The summed E-state index contributed by atoms with van der Waals surface area (Å²) >= 11 is 0. The first-order valence-electron chi connectivity index (χ1n) is 9.11. The second-order valence-electron chi connectivity index (χ2n) is 7.62. The van der Waals surface area contributed by atoms with Crippen molar-refractivity contribution in [2.75, 3.05) is 20.1 Å². The zero-order chi connectivity index (χ0) is 17.0. The molecule has 0 radical (unpaired) electrons. The fourth-order valence-corrected chi connectivity index (χ4v) is 4.05. The molecule has 1 N–H and O–H groups in total. The van der Waals surface area contributed by atoms with Gasteiger partial charge in [0, 0.05) is 38.5 Å². The monoisotopic (exact) mass is 324 g/mol. The first kappa shape index (κ1) is 18.2. The van der Waals surface area contributed by atoms with Gasteiger partial charge in [-0.1, -0.05) is 13.8 Å². The summed E-state index contributed by atoms with van der Waals surface area (Å²) in [5, 5.41) is 10.1. The third-order valence-corrected chi connectivity index (χ3v) is 5.38. The van der Waals surface area contributed by atoms with Gasteiger partial charge in [-0.15, -0.1) is 0 Å². The molecule has 2 amide bonds. The minimum absolute atomic E-state index is 0.0337. The number of nitrogens with zero attached hydrogens (tertiary/aromatic N) is 2. The van der Waals surface area contributed by atoms with Crippen LogP contribution in [0.3, 0.4) is 0 Å². The minimum atomic E-state index is -0.335. The Morgan fingerprint density at radius 1 is 1.04 bits per heavy atom. The van der Waals surface area contributed by atoms with Crippen molar-refractivity contribution < 1.29 is 14.7 Å². The summed E-state index contributed by atoms with van der Waals surface area (Å²) in [5.74, 6) is 0.601. The lowest BCUT2D eigenvalue weighted by Gasteiger charge is -2.30. The van der Waals surface area contributed by atoms with Crippen LogP contribution in [0.1, 0.15) is 58.8 Å². The first-order chi connectivity index (χ1) is 10.9. The number of aliphatic hydroxyl groups excluding tert-OH is 1. The second kappa shape index (κ2) is 8.13. The van der Waals surface area contributed by atoms with E-state index in [1.807, 2.05) is 18.9 Å². The highest BCUT2D eigenvalue weighted by Gasteiger charge is 2.34. The Morgan fingerprint density at radius 3 is 2.48 bits per heavy atom. The van der Waals surface area contributed by atoms with Crippen LogP contribution in [0.2, 0.25) is 0 Å². The summed E-state index contributed by atoms with van der Waals surface area (Å²) in [5.41, 5.74) is 0. The predicted octanol–water partition coefficient (Wildman–Crippen LogP) is 2.03. The lowest BCUT2D eigenvalue weighted by atomic mass is 9.90. The van der Waals surface area contributed by atoms with Crippen LogP contribution in [0.4, 0.5) is 0 Å². The highest BCUT2D eigenvalue weighted by Crippen LogP contribution is 2.27. The fraction of sp³-hybridized carbons (Fsp3) is 0.889. The molecule has 23 heavy (non-hydrogen) atoms. The fourth-order valence-electron chi connectivity index (χ4n) is 4.05. The molecule has 0 aliphatic carbocycles. The van der Waals surface area contributed by atoms with Crippen molar-refractivity contribution in [1.82, 2.24) is 9.80 Å². The summed E-state index contributed by atoms with van der Waals surface area (Å²) < 4.78 is 0. The summed E-state index contributed by atoms with van der Waals surface area (Å²) in [6, 6.07) is 0.0729. The Kier molecular flexibility index (Phi) is 6.45. The molecular weight excluding hydrogens is 292 g/mol. The summed E-state index contributed by atoms with van der Waals surface area (Å²) in [7, 11) is 1.83. The minimum Gasteiger partial charge on any atom is -0.393 e. The molecule has 5 nitrogen and oxygen atoms in total. The highest BCUT2D eigenvalue weighted by molar-refractivity contribution is 5.81. The lowest BCUT2D eigenvalue weighted by Crippen LogP contribution is -2.42. The van der Waals surface area contributed by atoms with Crippen LogP contribution in [0.15, 0.2) is 0 Å². The molecule has 5 heteroatoms. The predicted molar refractivity (Wildman–Crippen MR) is 89.8 cm³/mol. The summed E-state index contributed by atoms with van der Waals surface area (Å²) in [6.45, 7) is 5.57. The zero-order valence-electron chi connectivity index (χ0n) is 14.8. The van der Waals surface area contributed by atoms with Gasteiger partial charge < -0.3 is 14.9 Å². The van der Waals surface area contributed by atoms with E-state index in [9.17, 15) is 14.7 Å². The van der Waals surface area contributed by atoms with E-state index >= 15 is 0 Å². The van der Waals surface area contributed by atoms with Crippen LogP contribution in [-0.4, -0.2) is 59.0 Å². The van der Waals surface area contributed by atoms with Crippen LogP contribution in [-0.2, 0) is 9.59 Å². The van der Waals surface area contributed by atoms with E-state index in [4.69, 9.17) is 0 Å². The van der Waals surface area contributed by atoms with E-state index in [-0.39, 0.29) is 29.9 Å². The Hall–Kier alpha value is -1.10. The maximum atomic E-state index is 12.8. The van der Waals surface area contributed by atoms with E-state index < -0.39 is 0 Å². The van der Waals surface area contributed by atoms with Crippen LogP contribution in [0, 0.1) is 11.8 Å². The number of carbonyl (C=O) groups is 2. The average Bonchev–Trinajstić information content (AvgIpc) is 2.93. The van der Waals surface area contributed by atoms with Crippen LogP contribution < -0.4 is 0 Å². The molecule has 2 saturated heterocycles. The van der Waals surface area contributed by atoms with E-state index in [1.165, 1.54) is 0 Å². The van der Waals surface area contributed by atoms with Gasteiger partial charge in [0.05, 0.1) is 6.10 Å². The Bertz CT molecular complexity index is 426. The van der Waals surface area contributed by atoms with E-state index in [1.54, 1.807) is 4.90 Å². The molecule has 2 aliphatic heterocycles. The number of carbonyl (C=O) groups excluding carboxylic acids is 2. The number of hydrogen-bond acceptors (Lipinski definition) is 3. The van der Waals surface area contributed by atoms with Crippen molar-refractivity contribution in [3.8, 4) is 0 Å². The smallest absolute Gasteiger partial charge is 0.225 e. The van der Waals surface area contributed by atoms with Crippen molar-refractivity contribution in [3.05, 3.63) is 0 Å². The normalized spacial score (nSPS) is 35.1. The van der Waals surface area contributed by atoms with Crippen LogP contribution in [0.5, 0.6) is 0 Å². The number of hydrogen-bond donors (Lipinski definition) is 1. The molecule has 0 unspecified atom stereocenters. The first-order valence-corrected chi connectivity index (χ1v) is 9.11. The van der Waals surface area contributed by atoms with E-state index in [2.05, 4.69) is 6.92 Å². The molecule has 2 aliphatic rings. The molecule has 0 aromatic rings.